The van der Waals surface area contributed by atoms with Crippen LogP contribution >= 0.6 is 0 Å². The fourth-order valence-electron chi connectivity index (χ4n) is 2.93. The lowest BCUT2D eigenvalue weighted by Crippen LogP contribution is -2.41. The molecule has 0 aliphatic carbocycles. The molecule has 2 aliphatic rings. The van der Waals surface area contributed by atoms with Crippen molar-refractivity contribution in [1.29, 1.82) is 0 Å². The Morgan fingerprint density at radius 3 is 2.85 bits per heavy atom. The molecule has 1 aromatic heterocycles. The van der Waals surface area contributed by atoms with Gasteiger partial charge in [0.2, 0.25) is 17.4 Å². The lowest BCUT2D eigenvalue weighted by atomic mass is 10.0. The second kappa shape index (κ2) is 4.77. The zero-order valence-corrected chi connectivity index (χ0v) is 11.4. The zero-order chi connectivity index (χ0) is 14.3. The summed E-state index contributed by atoms with van der Waals surface area (Å²) in [5.41, 5.74) is 1.80. The van der Waals surface area contributed by atoms with Crippen LogP contribution < -0.4 is 5.56 Å². The summed E-state index contributed by atoms with van der Waals surface area (Å²) < 4.78 is 0. The minimum Gasteiger partial charge on any atom is -0.345 e. The molecule has 6 heteroatoms. The highest BCUT2D eigenvalue weighted by molar-refractivity contribution is 5.89. The van der Waals surface area contributed by atoms with Crippen LogP contribution in [0.5, 0.6) is 0 Å². The van der Waals surface area contributed by atoms with Crippen molar-refractivity contribution in [2.24, 2.45) is 5.92 Å². The first kappa shape index (κ1) is 12.9. The molecule has 0 saturated carbocycles. The summed E-state index contributed by atoms with van der Waals surface area (Å²) in [5, 5.41) is 0. The average molecular weight is 275 g/mol. The normalized spacial score (nSPS) is 22.1. The van der Waals surface area contributed by atoms with Crippen LogP contribution in [0.15, 0.2) is 16.9 Å². The Morgan fingerprint density at radius 2 is 2.15 bits per heavy atom. The number of hydrogen-bond donors (Lipinski definition) is 1. The molecule has 1 unspecified atom stereocenters. The third kappa shape index (κ3) is 2.21. The van der Waals surface area contributed by atoms with E-state index < -0.39 is 0 Å². The van der Waals surface area contributed by atoms with Crippen molar-refractivity contribution in [2.45, 2.75) is 19.4 Å². The number of aromatic amines is 1. The Kier molecular flexibility index (Phi) is 3.08. The van der Waals surface area contributed by atoms with Gasteiger partial charge < -0.3 is 14.8 Å². The molecule has 3 rings (SSSR count). The van der Waals surface area contributed by atoms with Crippen molar-refractivity contribution in [1.82, 2.24) is 14.8 Å². The highest BCUT2D eigenvalue weighted by Gasteiger charge is 2.35. The molecule has 2 amide bonds. The molecular weight excluding hydrogens is 258 g/mol. The minimum absolute atomic E-state index is 0.0325. The van der Waals surface area contributed by atoms with Gasteiger partial charge in [0, 0.05) is 51.3 Å². The summed E-state index contributed by atoms with van der Waals surface area (Å²) in [6.07, 6.45) is 0.970. The van der Waals surface area contributed by atoms with Crippen molar-refractivity contribution >= 4 is 11.8 Å². The van der Waals surface area contributed by atoms with Crippen LogP contribution in [0.3, 0.4) is 0 Å². The quantitative estimate of drug-likeness (QED) is 0.767. The van der Waals surface area contributed by atoms with Crippen molar-refractivity contribution in [3.8, 4) is 0 Å². The number of amides is 2. The Morgan fingerprint density at radius 1 is 1.35 bits per heavy atom. The number of H-pyrrole nitrogens is 1. The molecule has 1 saturated heterocycles. The first-order chi connectivity index (χ1) is 9.54. The fraction of sp³-hybridized carbons (Fsp3) is 0.500. The number of likely N-dealkylation sites (tertiary alicyclic amines) is 1. The lowest BCUT2D eigenvalue weighted by molar-refractivity contribution is -0.136. The molecule has 20 heavy (non-hydrogen) atoms. The van der Waals surface area contributed by atoms with E-state index in [1.807, 2.05) is 0 Å². The molecule has 0 aromatic carbocycles. The molecule has 3 heterocycles. The predicted octanol–water partition coefficient (Wildman–Crippen LogP) is -0.262. The summed E-state index contributed by atoms with van der Waals surface area (Å²) in [7, 11) is 1.73. The van der Waals surface area contributed by atoms with Gasteiger partial charge in [-0.05, 0) is 5.56 Å². The van der Waals surface area contributed by atoms with E-state index in [0.29, 0.717) is 32.5 Å². The second-order valence-electron chi connectivity index (χ2n) is 5.51. The predicted molar refractivity (Wildman–Crippen MR) is 71.9 cm³/mol. The average Bonchev–Trinajstić information content (AvgIpc) is 2.77. The van der Waals surface area contributed by atoms with E-state index in [1.165, 1.54) is 6.07 Å². The van der Waals surface area contributed by atoms with E-state index in [0.717, 1.165) is 11.3 Å². The van der Waals surface area contributed by atoms with E-state index in [-0.39, 0.29) is 23.3 Å². The molecule has 0 radical (unpaired) electrons. The molecule has 1 atom stereocenters. The third-order valence-electron chi connectivity index (χ3n) is 4.09. The number of nitrogens with zero attached hydrogens (tertiary/aromatic N) is 2. The summed E-state index contributed by atoms with van der Waals surface area (Å²) in [4.78, 5) is 41.4. The summed E-state index contributed by atoms with van der Waals surface area (Å²) in [6, 6.07) is 3.26. The monoisotopic (exact) mass is 275 g/mol. The molecule has 2 aliphatic heterocycles. The van der Waals surface area contributed by atoms with Crippen LogP contribution in [0.25, 0.3) is 0 Å². The highest BCUT2D eigenvalue weighted by Crippen LogP contribution is 2.22. The maximum Gasteiger partial charge on any atom is 0.248 e. The van der Waals surface area contributed by atoms with Gasteiger partial charge in [0.05, 0.1) is 5.92 Å². The maximum absolute atomic E-state index is 12.4. The van der Waals surface area contributed by atoms with E-state index in [2.05, 4.69) is 4.98 Å². The van der Waals surface area contributed by atoms with Crippen LogP contribution in [0, 0.1) is 5.92 Å². The molecule has 1 fully saturated rings. The third-order valence-corrected chi connectivity index (χ3v) is 4.09. The van der Waals surface area contributed by atoms with E-state index >= 15 is 0 Å². The first-order valence-electron chi connectivity index (χ1n) is 6.78. The second-order valence-corrected chi connectivity index (χ2v) is 5.51. The van der Waals surface area contributed by atoms with Crippen molar-refractivity contribution < 1.29 is 9.59 Å². The first-order valence-corrected chi connectivity index (χ1v) is 6.78. The summed E-state index contributed by atoms with van der Waals surface area (Å²) in [6.45, 7) is 1.62. The molecular formula is C14H17N3O3. The van der Waals surface area contributed by atoms with Crippen molar-refractivity contribution in [3.05, 3.63) is 33.7 Å². The Labute approximate surface area is 116 Å². The lowest BCUT2D eigenvalue weighted by Gasteiger charge is -2.30. The number of rotatable bonds is 1. The maximum atomic E-state index is 12.4. The van der Waals surface area contributed by atoms with E-state index in [4.69, 9.17) is 0 Å². The van der Waals surface area contributed by atoms with E-state index in [9.17, 15) is 14.4 Å². The largest absolute Gasteiger partial charge is 0.345 e. The SMILES string of the molecule is CN1CC(C(=O)N2CCc3[nH]c(=O)ccc3C2)CC1=O. The molecule has 1 N–H and O–H groups in total. The van der Waals surface area contributed by atoms with Gasteiger partial charge in [-0.25, -0.2) is 0 Å². The topological polar surface area (TPSA) is 73.5 Å². The van der Waals surface area contributed by atoms with E-state index in [1.54, 1.807) is 22.9 Å². The summed E-state index contributed by atoms with van der Waals surface area (Å²) in [5.74, 6) is -0.151. The van der Waals surface area contributed by atoms with Gasteiger partial charge in [0.25, 0.3) is 0 Å². The van der Waals surface area contributed by atoms with Crippen LogP contribution in [-0.2, 0) is 22.6 Å². The number of carbonyl (C=O) groups excluding carboxylic acids is 2. The van der Waals surface area contributed by atoms with Crippen LogP contribution in [0.4, 0.5) is 0 Å². The smallest absolute Gasteiger partial charge is 0.248 e. The molecule has 1 aromatic rings. The van der Waals surface area contributed by atoms with Crippen LogP contribution in [0.1, 0.15) is 17.7 Å². The number of aromatic nitrogens is 1. The number of nitrogens with one attached hydrogen (secondary N) is 1. The number of pyridine rings is 1. The standard InChI is InChI=1S/C14H17N3O3/c1-16-7-10(6-13(16)19)14(20)17-5-4-11-9(8-17)2-3-12(18)15-11/h2-3,10H,4-8H2,1H3,(H,15,18). The van der Waals surface area contributed by atoms with Gasteiger partial charge in [-0.15, -0.1) is 0 Å². The number of fused-ring (bicyclic) bond motifs is 1. The van der Waals surface area contributed by atoms with Gasteiger partial charge in [-0.1, -0.05) is 6.07 Å². The number of hydrogen-bond acceptors (Lipinski definition) is 3. The number of carbonyl (C=O) groups is 2. The molecule has 0 bridgehead atoms. The van der Waals surface area contributed by atoms with Gasteiger partial charge in [0.15, 0.2) is 0 Å². The fourth-order valence-corrected chi connectivity index (χ4v) is 2.93. The zero-order valence-electron chi connectivity index (χ0n) is 11.4. The highest BCUT2D eigenvalue weighted by atomic mass is 16.2. The summed E-state index contributed by atoms with van der Waals surface area (Å²) >= 11 is 0. The Bertz CT molecular complexity index is 622. The Hall–Kier alpha value is -2.11. The van der Waals surface area contributed by atoms with Gasteiger partial charge in [-0.2, -0.15) is 0 Å². The van der Waals surface area contributed by atoms with Gasteiger partial charge in [-0.3, -0.25) is 14.4 Å². The molecule has 6 nitrogen and oxygen atoms in total. The van der Waals surface area contributed by atoms with Crippen LogP contribution in [0.2, 0.25) is 0 Å². The molecule has 106 valence electrons. The van der Waals surface area contributed by atoms with Crippen LogP contribution in [-0.4, -0.2) is 46.7 Å². The van der Waals surface area contributed by atoms with Gasteiger partial charge in [0.1, 0.15) is 0 Å². The molecule has 0 spiro atoms. The van der Waals surface area contributed by atoms with Crippen molar-refractivity contribution in [3.63, 3.8) is 0 Å². The minimum atomic E-state index is -0.225. The Balaban J connectivity index is 1.74. The van der Waals surface area contributed by atoms with Gasteiger partial charge >= 0.3 is 0 Å². The van der Waals surface area contributed by atoms with Crippen molar-refractivity contribution in [2.75, 3.05) is 20.1 Å².